The van der Waals surface area contributed by atoms with Crippen LogP contribution in [0.4, 0.5) is 5.69 Å². The summed E-state index contributed by atoms with van der Waals surface area (Å²) in [5, 5.41) is 0.902. The topological polar surface area (TPSA) is 68.7 Å². The number of fused-ring (bicyclic) bond motifs is 1. The van der Waals surface area contributed by atoms with Gasteiger partial charge in [0.15, 0.2) is 9.84 Å². The summed E-state index contributed by atoms with van der Waals surface area (Å²) in [7, 11) is -1.57. The van der Waals surface area contributed by atoms with E-state index in [0.717, 1.165) is 52.0 Å². The molecule has 2 heterocycles. The van der Waals surface area contributed by atoms with Crippen LogP contribution < -0.4 is 9.64 Å². The molecule has 5 rings (SSSR count). The molecule has 2 atom stereocenters. The van der Waals surface area contributed by atoms with Crippen molar-refractivity contribution in [2.45, 2.75) is 31.0 Å². The van der Waals surface area contributed by atoms with Crippen molar-refractivity contribution in [2.24, 2.45) is 0 Å². The van der Waals surface area contributed by atoms with E-state index in [-0.39, 0.29) is 12.2 Å². The third kappa shape index (κ3) is 4.68. The molecule has 3 aromatic carbocycles. The molecule has 0 amide bonds. The molecule has 1 fully saturated rings. The predicted molar refractivity (Wildman–Crippen MR) is 144 cm³/mol. The highest BCUT2D eigenvalue weighted by atomic mass is 32.2. The first-order chi connectivity index (χ1) is 17.2. The fourth-order valence-electron chi connectivity index (χ4n) is 4.98. The van der Waals surface area contributed by atoms with Gasteiger partial charge in [0.25, 0.3) is 0 Å². The average Bonchev–Trinajstić information content (AvgIpc) is 2.86. The number of ether oxygens (including phenoxy) is 2. The summed E-state index contributed by atoms with van der Waals surface area (Å²) in [4.78, 5) is 7.48. The summed E-state index contributed by atoms with van der Waals surface area (Å²) < 4.78 is 35.5. The minimum Gasteiger partial charge on any atom is -0.495 e. The number of morpholine rings is 1. The zero-order valence-corrected chi connectivity index (χ0v) is 21.7. The van der Waals surface area contributed by atoms with Gasteiger partial charge in [0.2, 0.25) is 0 Å². The summed E-state index contributed by atoms with van der Waals surface area (Å²) in [6.45, 7) is 5.96. The maximum absolute atomic E-state index is 11.9. The third-order valence-corrected chi connectivity index (χ3v) is 7.74. The first-order valence-electron chi connectivity index (χ1n) is 12.0. The number of aromatic nitrogens is 1. The lowest BCUT2D eigenvalue weighted by Crippen LogP contribution is -2.45. The van der Waals surface area contributed by atoms with Gasteiger partial charge in [-0.2, -0.15) is 0 Å². The first kappa shape index (κ1) is 24.3. The van der Waals surface area contributed by atoms with Crippen molar-refractivity contribution in [2.75, 3.05) is 31.4 Å². The Balaban J connectivity index is 1.52. The zero-order chi connectivity index (χ0) is 25.4. The molecule has 4 aromatic rings. The molecule has 0 spiro atoms. The van der Waals surface area contributed by atoms with E-state index in [9.17, 15) is 8.42 Å². The lowest BCUT2D eigenvalue weighted by atomic mass is 9.98. The van der Waals surface area contributed by atoms with Gasteiger partial charge < -0.3 is 14.4 Å². The van der Waals surface area contributed by atoms with Crippen LogP contribution in [0.5, 0.6) is 5.75 Å². The lowest BCUT2D eigenvalue weighted by Gasteiger charge is -2.36. The van der Waals surface area contributed by atoms with E-state index < -0.39 is 9.84 Å². The molecule has 1 saturated heterocycles. The summed E-state index contributed by atoms with van der Waals surface area (Å²) in [6, 6.07) is 21.4. The number of anilines is 1. The Labute approximate surface area is 212 Å². The van der Waals surface area contributed by atoms with Gasteiger partial charge in [0.1, 0.15) is 5.75 Å². The van der Waals surface area contributed by atoms with E-state index in [1.165, 1.54) is 11.9 Å². The van der Waals surface area contributed by atoms with E-state index in [0.29, 0.717) is 4.90 Å². The second-order valence-corrected chi connectivity index (χ2v) is 11.4. The number of nitrogens with zero attached hydrogens (tertiary/aromatic N) is 2. The van der Waals surface area contributed by atoms with Crippen LogP contribution in [-0.4, -0.2) is 52.1 Å². The van der Waals surface area contributed by atoms with Gasteiger partial charge in [-0.15, -0.1) is 0 Å². The molecule has 0 bridgehead atoms. The van der Waals surface area contributed by atoms with Crippen LogP contribution in [0.3, 0.4) is 0 Å². The Morgan fingerprint density at radius 1 is 0.889 bits per heavy atom. The van der Waals surface area contributed by atoms with Gasteiger partial charge in [-0.05, 0) is 55.3 Å². The number of pyridine rings is 1. The van der Waals surface area contributed by atoms with Crippen molar-refractivity contribution in [3.63, 3.8) is 0 Å². The van der Waals surface area contributed by atoms with E-state index in [4.69, 9.17) is 14.5 Å². The van der Waals surface area contributed by atoms with Crippen LogP contribution in [-0.2, 0) is 14.6 Å². The summed E-state index contributed by atoms with van der Waals surface area (Å²) in [6.07, 6.45) is 3.47. The minimum absolute atomic E-state index is 0.204. The van der Waals surface area contributed by atoms with E-state index in [1.54, 1.807) is 19.2 Å². The first-order valence-corrected chi connectivity index (χ1v) is 13.9. The maximum atomic E-state index is 11.9. The van der Waals surface area contributed by atoms with Gasteiger partial charge >= 0.3 is 0 Å². The Morgan fingerprint density at radius 2 is 1.50 bits per heavy atom. The number of hydrogen-bond donors (Lipinski definition) is 0. The predicted octanol–water partition coefficient (Wildman–Crippen LogP) is 5.59. The molecule has 0 saturated carbocycles. The summed E-state index contributed by atoms with van der Waals surface area (Å²) in [5.41, 5.74) is 5.75. The molecule has 186 valence electrons. The normalized spacial score (nSPS) is 18.4. The summed E-state index contributed by atoms with van der Waals surface area (Å²) >= 11 is 0. The zero-order valence-electron chi connectivity index (χ0n) is 20.9. The Hall–Kier alpha value is -3.42. The molecule has 0 N–H and O–H groups in total. The molecule has 1 aliphatic rings. The largest absolute Gasteiger partial charge is 0.495 e. The van der Waals surface area contributed by atoms with Gasteiger partial charge in [-0.3, -0.25) is 4.98 Å². The van der Waals surface area contributed by atoms with Gasteiger partial charge in [0, 0.05) is 47.7 Å². The SMILES string of the molecule is COc1c(-c2ccc(N3C[C@@H](C)O[C@@H](C)C3)cc2)cnc2c(-c3ccc(S(C)(=O)=O)cc3)cccc12. The molecule has 0 radical (unpaired) electrons. The second-order valence-electron chi connectivity index (χ2n) is 9.41. The average molecular weight is 503 g/mol. The molecule has 1 aromatic heterocycles. The fraction of sp³-hybridized carbons (Fsp3) is 0.276. The number of para-hydroxylation sites is 1. The highest BCUT2D eigenvalue weighted by molar-refractivity contribution is 7.90. The molecule has 36 heavy (non-hydrogen) atoms. The van der Waals surface area contributed by atoms with Crippen molar-refractivity contribution in [1.82, 2.24) is 4.98 Å². The number of benzene rings is 3. The Kier molecular flexibility index (Phi) is 6.45. The van der Waals surface area contributed by atoms with Crippen molar-refractivity contribution in [3.05, 3.63) is 72.9 Å². The van der Waals surface area contributed by atoms with E-state index in [2.05, 4.69) is 43.0 Å². The Bertz CT molecular complexity index is 1490. The number of rotatable bonds is 5. The maximum Gasteiger partial charge on any atom is 0.175 e. The standard InChI is InChI=1S/C29H30N2O4S/c1-19-17-31(18-20(2)35-19)23-12-8-22(9-13-23)27-16-30-28-25(6-5-7-26(28)29(27)34-3)21-10-14-24(15-11-21)36(4,32)33/h5-16,19-20H,17-18H2,1-4H3/t19-,20+. The van der Waals surface area contributed by atoms with E-state index in [1.807, 2.05) is 36.5 Å². The van der Waals surface area contributed by atoms with Gasteiger partial charge in [-0.1, -0.05) is 36.4 Å². The van der Waals surface area contributed by atoms with Gasteiger partial charge in [0.05, 0.1) is 29.7 Å². The van der Waals surface area contributed by atoms with Crippen LogP contribution in [0.2, 0.25) is 0 Å². The highest BCUT2D eigenvalue weighted by Crippen LogP contribution is 2.39. The summed E-state index contributed by atoms with van der Waals surface area (Å²) in [5.74, 6) is 0.760. The smallest absolute Gasteiger partial charge is 0.175 e. The molecule has 7 heteroatoms. The monoisotopic (exact) mass is 502 g/mol. The molecule has 0 unspecified atom stereocenters. The van der Waals surface area contributed by atoms with Crippen molar-refractivity contribution < 1.29 is 17.9 Å². The quantitative estimate of drug-likeness (QED) is 0.354. The Morgan fingerprint density at radius 3 is 2.11 bits per heavy atom. The van der Waals surface area contributed by atoms with Crippen LogP contribution >= 0.6 is 0 Å². The number of sulfone groups is 1. The van der Waals surface area contributed by atoms with Crippen LogP contribution in [0, 0.1) is 0 Å². The molecule has 6 nitrogen and oxygen atoms in total. The van der Waals surface area contributed by atoms with Crippen molar-refractivity contribution >= 4 is 26.4 Å². The van der Waals surface area contributed by atoms with Crippen LogP contribution in [0.25, 0.3) is 33.2 Å². The molecule has 0 aliphatic carbocycles. The van der Waals surface area contributed by atoms with Crippen molar-refractivity contribution in [3.8, 4) is 28.0 Å². The minimum atomic E-state index is -3.25. The third-order valence-electron chi connectivity index (χ3n) is 6.61. The number of methoxy groups -OCH3 is 1. The van der Waals surface area contributed by atoms with E-state index >= 15 is 0 Å². The van der Waals surface area contributed by atoms with Crippen LogP contribution in [0.15, 0.2) is 77.8 Å². The number of hydrogen-bond acceptors (Lipinski definition) is 6. The molecule has 1 aliphatic heterocycles. The van der Waals surface area contributed by atoms with Crippen molar-refractivity contribution in [1.29, 1.82) is 0 Å². The van der Waals surface area contributed by atoms with Crippen LogP contribution in [0.1, 0.15) is 13.8 Å². The molecular formula is C29H30N2O4S. The second kappa shape index (κ2) is 9.56. The molecular weight excluding hydrogens is 472 g/mol. The fourth-order valence-corrected chi connectivity index (χ4v) is 5.61. The van der Waals surface area contributed by atoms with Gasteiger partial charge in [-0.25, -0.2) is 8.42 Å². The lowest BCUT2D eigenvalue weighted by molar-refractivity contribution is -0.00521. The highest BCUT2D eigenvalue weighted by Gasteiger charge is 2.22.